The number of thioether (sulfide) groups is 1. The van der Waals surface area contributed by atoms with Crippen molar-refractivity contribution in [1.29, 1.82) is 0 Å². The molecule has 1 amide bonds. The van der Waals surface area contributed by atoms with Crippen molar-refractivity contribution in [3.05, 3.63) is 0 Å². The molecule has 2 atom stereocenters. The lowest BCUT2D eigenvalue weighted by atomic mass is 10.0. The van der Waals surface area contributed by atoms with Crippen LogP contribution in [0.1, 0.15) is 34.1 Å². The van der Waals surface area contributed by atoms with Crippen molar-refractivity contribution in [3.63, 3.8) is 0 Å². The van der Waals surface area contributed by atoms with E-state index in [4.69, 9.17) is 4.74 Å². The van der Waals surface area contributed by atoms with E-state index in [0.29, 0.717) is 18.9 Å². The third-order valence-electron chi connectivity index (χ3n) is 3.18. The van der Waals surface area contributed by atoms with Crippen LogP contribution in [0.5, 0.6) is 0 Å². The number of amides is 1. The normalized spacial score (nSPS) is 22.8. The molecule has 1 rings (SSSR count). The summed E-state index contributed by atoms with van der Waals surface area (Å²) >= 11 is 1.58. The summed E-state index contributed by atoms with van der Waals surface area (Å²) in [5.41, 5.74) is 0. The van der Waals surface area contributed by atoms with Crippen LogP contribution < -0.4 is 0 Å². The van der Waals surface area contributed by atoms with Gasteiger partial charge in [0, 0.05) is 11.3 Å². The van der Waals surface area contributed by atoms with Gasteiger partial charge in [0.1, 0.15) is 5.92 Å². The average Bonchev–Trinajstić information content (AvgIpc) is 2.81. The molecule has 6 heteroatoms. The van der Waals surface area contributed by atoms with E-state index in [2.05, 4.69) is 20.8 Å². The van der Waals surface area contributed by atoms with Gasteiger partial charge in [-0.05, 0) is 6.42 Å². The summed E-state index contributed by atoms with van der Waals surface area (Å²) in [6.45, 7) is 9.28. The van der Waals surface area contributed by atoms with E-state index >= 15 is 0 Å². The van der Waals surface area contributed by atoms with Gasteiger partial charge < -0.3 is 14.7 Å². The lowest BCUT2D eigenvalue weighted by Crippen LogP contribution is -2.47. The number of ether oxygens (including phenoxy) is 1. The molecule has 1 aliphatic heterocycles. The van der Waals surface area contributed by atoms with Gasteiger partial charge >= 0.3 is 5.97 Å². The first-order chi connectivity index (χ1) is 9.26. The Bertz CT molecular complexity index is 354. The summed E-state index contributed by atoms with van der Waals surface area (Å²) in [4.78, 5) is 25.3. The number of aliphatic carboxylic acids is 1. The summed E-state index contributed by atoms with van der Waals surface area (Å²) < 4.78 is 5.29. The lowest BCUT2D eigenvalue weighted by Gasteiger charge is -2.31. The molecule has 2 unspecified atom stereocenters. The average molecular weight is 303 g/mol. The van der Waals surface area contributed by atoms with Crippen molar-refractivity contribution >= 4 is 23.6 Å². The number of hydrogen-bond donors (Lipinski definition) is 1. The zero-order valence-electron chi connectivity index (χ0n) is 12.7. The van der Waals surface area contributed by atoms with Crippen LogP contribution in [0.15, 0.2) is 0 Å². The third-order valence-corrected chi connectivity index (χ3v) is 4.44. The van der Waals surface area contributed by atoms with Crippen LogP contribution in [0.25, 0.3) is 0 Å². The Kier molecular flexibility index (Phi) is 6.33. The Morgan fingerprint density at radius 1 is 1.35 bits per heavy atom. The second-order valence-corrected chi connectivity index (χ2v) is 7.84. The molecule has 0 aromatic rings. The van der Waals surface area contributed by atoms with E-state index in [1.165, 1.54) is 0 Å². The van der Waals surface area contributed by atoms with Crippen molar-refractivity contribution in [1.82, 2.24) is 4.90 Å². The van der Waals surface area contributed by atoms with Gasteiger partial charge in [0.05, 0.1) is 25.0 Å². The molecular formula is C14H25NO4S. The zero-order valence-corrected chi connectivity index (χ0v) is 13.5. The summed E-state index contributed by atoms with van der Waals surface area (Å²) in [5.74, 6) is -1.10. The number of carbonyl (C=O) groups excluding carboxylic acids is 1. The van der Waals surface area contributed by atoms with Crippen molar-refractivity contribution in [3.8, 4) is 0 Å². The van der Waals surface area contributed by atoms with E-state index in [-0.39, 0.29) is 23.3 Å². The summed E-state index contributed by atoms with van der Waals surface area (Å²) in [5, 5.41) is 9.22. The Hall–Kier alpha value is -0.750. The highest BCUT2D eigenvalue weighted by atomic mass is 32.2. The number of rotatable bonds is 6. The molecule has 1 N–H and O–H groups in total. The molecule has 0 aromatic carbocycles. The van der Waals surface area contributed by atoms with Crippen molar-refractivity contribution in [2.45, 2.75) is 44.9 Å². The Morgan fingerprint density at radius 3 is 2.50 bits per heavy atom. The van der Waals surface area contributed by atoms with Crippen molar-refractivity contribution in [2.24, 2.45) is 5.92 Å². The number of nitrogens with zero attached hydrogens (tertiary/aromatic N) is 1. The fourth-order valence-electron chi connectivity index (χ4n) is 2.16. The van der Waals surface area contributed by atoms with Gasteiger partial charge in [-0.1, -0.05) is 27.7 Å². The molecule has 0 spiro atoms. The molecule has 116 valence electrons. The van der Waals surface area contributed by atoms with Crippen LogP contribution in [0, 0.1) is 5.92 Å². The highest BCUT2D eigenvalue weighted by Crippen LogP contribution is 2.26. The minimum Gasteiger partial charge on any atom is -0.481 e. The van der Waals surface area contributed by atoms with E-state index in [1.807, 2.05) is 6.92 Å². The number of carbonyl (C=O) groups is 2. The highest BCUT2D eigenvalue weighted by Gasteiger charge is 2.39. The van der Waals surface area contributed by atoms with Gasteiger partial charge in [0.2, 0.25) is 5.91 Å². The molecule has 1 heterocycles. The van der Waals surface area contributed by atoms with Gasteiger partial charge in [0.15, 0.2) is 0 Å². The summed E-state index contributed by atoms with van der Waals surface area (Å²) in [6.07, 6.45) is 0.814. The van der Waals surface area contributed by atoms with Crippen molar-refractivity contribution < 1.29 is 19.4 Å². The predicted molar refractivity (Wildman–Crippen MR) is 79.9 cm³/mol. The maximum atomic E-state index is 12.4. The number of carboxylic acid groups (broad SMARTS) is 1. The van der Waals surface area contributed by atoms with Crippen LogP contribution in [0.3, 0.4) is 0 Å². The summed E-state index contributed by atoms with van der Waals surface area (Å²) in [7, 11) is 0. The highest BCUT2D eigenvalue weighted by molar-refractivity contribution is 8.01. The third kappa shape index (κ3) is 4.98. The van der Waals surface area contributed by atoms with E-state index in [9.17, 15) is 14.7 Å². The molecule has 1 saturated heterocycles. The first-order valence-electron chi connectivity index (χ1n) is 7.00. The van der Waals surface area contributed by atoms with E-state index in [0.717, 1.165) is 6.42 Å². The molecule has 0 aliphatic carbocycles. The largest absolute Gasteiger partial charge is 0.481 e. The minimum absolute atomic E-state index is 0.00789. The fourth-order valence-corrected chi connectivity index (χ4v) is 2.89. The van der Waals surface area contributed by atoms with Crippen LogP contribution in [-0.2, 0) is 14.3 Å². The van der Waals surface area contributed by atoms with Crippen LogP contribution in [0.2, 0.25) is 0 Å². The SMILES string of the molecule is CCCN(C(=O)CSC(C)(C)C)C1COCC1C(=O)O. The topological polar surface area (TPSA) is 66.8 Å². The molecule has 1 fully saturated rings. The van der Waals surface area contributed by atoms with Gasteiger partial charge in [-0.3, -0.25) is 9.59 Å². The Labute approximate surface area is 125 Å². The quantitative estimate of drug-likeness (QED) is 0.811. The smallest absolute Gasteiger partial charge is 0.311 e. The second kappa shape index (κ2) is 7.31. The van der Waals surface area contributed by atoms with Gasteiger partial charge in [-0.15, -0.1) is 11.8 Å². The molecule has 0 aromatic heterocycles. The molecule has 0 saturated carbocycles. The first kappa shape index (κ1) is 17.3. The fraction of sp³-hybridized carbons (Fsp3) is 0.857. The van der Waals surface area contributed by atoms with Gasteiger partial charge in [-0.2, -0.15) is 0 Å². The standard InChI is InChI=1S/C14H25NO4S/c1-5-6-15(12(16)9-20-14(2,3)4)11-8-19-7-10(11)13(17)18/h10-11H,5-9H2,1-4H3,(H,17,18). The minimum atomic E-state index is -0.884. The maximum Gasteiger partial charge on any atom is 0.311 e. The van der Waals surface area contributed by atoms with Crippen molar-refractivity contribution in [2.75, 3.05) is 25.5 Å². The van der Waals surface area contributed by atoms with E-state index < -0.39 is 11.9 Å². The van der Waals surface area contributed by atoms with Crippen LogP contribution in [-0.4, -0.2) is 58.2 Å². The Morgan fingerprint density at radius 2 is 2.00 bits per heavy atom. The maximum absolute atomic E-state index is 12.4. The molecule has 1 aliphatic rings. The van der Waals surface area contributed by atoms with Crippen LogP contribution in [0.4, 0.5) is 0 Å². The molecular weight excluding hydrogens is 278 g/mol. The monoisotopic (exact) mass is 303 g/mol. The molecule has 20 heavy (non-hydrogen) atoms. The Balaban J connectivity index is 2.72. The molecule has 5 nitrogen and oxygen atoms in total. The molecule has 0 bridgehead atoms. The first-order valence-corrected chi connectivity index (χ1v) is 7.98. The lowest BCUT2D eigenvalue weighted by molar-refractivity contribution is -0.144. The zero-order chi connectivity index (χ0) is 15.3. The number of carboxylic acids is 1. The van der Waals surface area contributed by atoms with Gasteiger partial charge in [-0.25, -0.2) is 0 Å². The number of hydrogen-bond acceptors (Lipinski definition) is 4. The predicted octanol–water partition coefficient (Wildman–Crippen LogP) is 1.86. The second-order valence-electron chi connectivity index (χ2n) is 6.04. The summed E-state index contributed by atoms with van der Waals surface area (Å²) in [6, 6.07) is -0.333. The van der Waals surface area contributed by atoms with E-state index in [1.54, 1.807) is 16.7 Å². The van der Waals surface area contributed by atoms with Gasteiger partial charge in [0.25, 0.3) is 0 Å². The molecule has 0 radical (unpaired) electrons. The van der Waals surface area contributed by atoms with Crippen LogP contribution >= 0.6 is 11.8 Å².